The average Bonchev–Trinajstić information content (AvgIpc) is 3.14. The Bertz CT molecular complexity index is 1050. The Morgan fingerprint density at radius 3 is 2.70 bits per heavy atom. The maximum Gasteiger partial charge on any atom is 0.250 e. The first kappa shape index (κ1) is 20.2. The van der Waals surface area contributed by atoms with Crippen molar-refractivity contribution in [2.75, 3.05) is 12.4 Å². The van der Waals surface area contributed by atoms with Crippen LogP contribution in [0.1, 0.15) is 36.9 Å². The molecule has 0 amide bonds. The highest BCUT2D eigenvalue weighted by atomic mass is 19.3. The van der Waals surface area contributed by atoms with Gasteiger partial charge in [-0.3, -0.25) is 0 Å². The second kappa shape index (κ2) is 7.97. The molecular weight excluding hydrogens is 390 g/mol. The zero-order valence-corrected chi connectivity index (χ0v) is 17.2. The van der Waals surface area contributed by atoms with Gasteiger partial charge in [-0.05, 0) is 50.5 Å². The van der Waals surface area contributed by atoms with E-state index in [4.69, 9.17) is 4.74 Å². The molecule has 30 heavy (non-hydrogen) atoms. The van der Waals surface area contributed by atoms with Crippen LogP contribution in [-0.2, 0) is 0 Å². The van der Waals surface area contributed by atoms with Crippen LogP contribution in [0.15, 0.2) is 30.7 Å². The minimum atomic E-state index is -2.62. The highest BCUT2D eigenvalue weighted by molar-refractivity contribution is 5.61. The maximum atomic E-state index is 13.7. The lowest BCUT2D eigenvalue weighted by Gasteiger charge is -2.30. The van der Waals surface area contributed by atoms with Crippen LogP contribution in [0.25, 0.3) is 17.1 Å². The van der Waals surface area contributed by atoms with Crippen molar-refractivity contribution in [1.82, 2.24) is 24.7 Å². The Labute approximate surface area is 173 Å². The van der Waals surface area contributed by atoms with E-state index in [0.717, 1.165) is 16.9 Å². The van der Waals surface area contributed by atoms with Crippen molar-refractivity contribution >= 4 is 5.82 Å². The molecule has 7 nitrogen and oxygen atoms in total. The molecule has 1 aliphatic rings. The van der Waals surface area contributed by atoms with Crippen LogP contribution in [0.2, 0.25) is 0 Å². The Morgan fingerprint density at radius 1 is 1.20 bits per heavy atom. The molecule has 1 fully saturated rings. The predicted octanol–water partition coefficient (Wildman–Crippen LogP) is 4.34. The van der Waals surface area contributed by atoms with Gasteiger partial charge in [0, 0.05) is 25.1 Å². The maximum absolute atomic E-state index is 13.7. The summed E-state index contributed by atoms with van der Waals surface area (Å²) in [6.07, 6.45) is 4.57. The number of nitrogens with zero attached hydrogens (tertiary/aromatic N) is 5. The number of hydrogen-bond acceptors (Lipinski definition) is 6. The van der Waals surface area contributed by atoms with E-state index in [1.807, 2.05) is 42.8 Å². The van der Waals surface area contributed by atoms with Gasteiger partial charge in [0.25, 0.3) is 0 Å². The molecule has 158 valence electrons. The summed E-state index contributed by atoms with van der Waals surface area (Å²) in [4.78, 5) is 8.79. The molecule has 4 rings (SSSR count). The van der Waals surface area contributed by atoms with Gasteiger partial charge in [-0.2, -0.15) is 0 Å². The Kier molecular flexibility index (Phi) is 5.36. The second-order valence-electron chi connectivity index (χ2n) is 7.70. The first-order valence-corrected chi connectivity index (χ1v) is 9.90. The van der Waals surface area contributed by atoms with E-state index in [1.165, 1.54) is 0 Å². The summed E-state index contributed by atoms with van der Waals surface area (Å²) in [5.41, 5.74) is 3.67. The Hall–Kier alpha value is -3.10. The molecule has 3 aromatic rings. The fourth-order valence-electron chi connectivity index (χ4n) is 3.72. The first-order chi connectivity index (χ1) is 14.3. The summed E-state index contributed by atoms with van der Waals surface area (Å²) in [6.45, 7) is 3.79. The standard InChI is InChI=1S/C21H24F2N6O/c1-13-9-17(27-28-19(13)25-15-5-4-8-21(22,23)10-15)16-6-7-18(20(26-16)30-3)29-11-14(2)24-12-29/h6-7,9,11-12,15H,4-5,8,10H2,1-3H3,(H,25,28). The van der Waals surface area contributed by atoms with Crippen LogP contribution in [0.4, 0.5) is 14.6 Å². The average molecular weight is 414 g/mol. The van der Waals surface area contributed by atoms with Crippen LogP contribution in [0.3, 0.4) is 0 Å². The molecule has 1 saturated carbocycles. The summed E-state index contributed by atoms with van der Waals surface area (Å²) in [6, 6.07) is 5.27. The largest absolute Gasteiger partial charge is 0.479 e. The SMILES string of the molecule is COc1nc(-c2cc(C)c(NC3CCCC(F)(F)C3)nn2)ccc1-n1cnc(C)c1. The summed E-state index contributed by atoms with van der Waals surface area (Å²) in [7, 11) is 1.56. The summed E-state index contributed by atoms with van der Waals surface area (Å²) >= 11 is 0. The zero-order chi connectivity index (χ0) is 21.3. The van der Waals surface area contributed by atoms with Gasteiger partial charge >= 0.3 is 0 Å². The van der Waals surface area contributed by atoms with Crippen molar-refractivity contribution in [1.29, 1.82) is 0 Å². The predicted molar refractivity (Wildman–Crippen MR) is 109 cm³/mol. The number of hydrogen-bond donors (Lipinski definition) is 1. The normalized spacial score (nSPS) is 18.2. The number of nitrogens with one attached hydrogen (secondary N) is 1. The smallest absolute Gasteiger partial charge is 0.250 e. The molecule has 1 aliphatic carbocycles. The van der Waals surface area contributed by atoms with E-state index < -0.39 is 5.92 Å². The topological polar surface area (TPSA) is 77.8 Å². The minimum absolute atomic E-state index is 0.0447. The van der Waals surface area contributed by atoms with Gasteiger partial charge in [0.2, 0.25) is 11.8 Å². The molecule has 1 N–H and O–H groups in total. The number of aryl methyl sites for hydroxylation is 2. The van der Waals surface area contributed by atoms with Gasteiger partial charge in [-0.15, -0.1) is 10.2 Å². The number of alkyl halides is 2. The molecule has 0 aromatic carbocycles. The zero-order valence-electron chi connectivity index (χ0n) is 17.2. The van der Waals surface area contributed by atoms with Crippen LogP contribution in [0, 0.1) is 13.8 Å². The number of pyridine rings is 1. The highest BCUT2D eigenvalue weighted by Gasteiger charge is 2.36. The molecule has 1 unspecified atom stereocenters. The lowest BCUT2D eigenvalue weighted by atomic mass is 9.92. The minimum Gasteiger partial charge on any atom is -0.479 e. The number of imidazole rings is 1. The molecular formula is C21H24F2N6O. The quantitative estimate of drug-likeness (QED) is 0.669. The van der Waals surface area contributed by atoms with Gasteiger partial charge in [-0.1, -0.05) is 0 Å². The number of rotatable bonds is 5. The fraction of sp³-hybridized carbons (Fsp3) is 0.429. The van der Waals surface area contributed by atoms with E-state index in [-0.39, 0.29) is 18.9 Å². The monoisotopic (exact) mass is 414 g/mol. The molecule has 0 saturated heterocycles. The first-order valence-electron chi connectivity index (χ1n) is 9.90. The van der Waals surface area contributed by atoms with Crippen LogP contribution in [-0.4, -0.2) is 43.8 Å². The molecule has 9 heteroatoms. The molecule has 0 aliphatic heterocycles. The lowest BCUT2D eigenvalue weighted by molar-refractivity contribution is -0.0373. The summed E-state index contributed by atoms with van der Waals surface area (Å²) in [5, 5.41) is 11.6. The molecule has 0 radical (unpaired) electrons. The van der Waals surface area contributed by atoms with Gasteiger partial charge in [0.1, 0.15) is 11.4 Å². The van der Waals surface area contributed by atoms with Crippen molar-refractivity contribution in [2.24, 2.45) is 0 Å². The van der Waals surface area contributed by atoms with Crippen molar-refractivity contribution in [3.05, 3.63) is 42.0 Å². The van der Waals surface area contributed by atoms with Crippen molar-refractivity contribution in [3.8, 4) is 23.0 Å². The third kappa shape index (κ3) is 4.24. The van der Waals surface area contributed by atoms with Gasteiger partial charge in [-0.25, -0.2) is 18.7 Å². The van der Waals surface area contributed by atoms with Gasteiger partial charge in [0.05, 0.1) is 24.8 Å². The number of halogens is 2. The molecule has 0 spiro atoms. The van der Waals surface area contributed by atoms with Gasteiger partial charge < -0.3 is 14.6 Å². The van der Waals surface area contributed by atoms with Gasteiger partial charge in [0.15, 0.2) is 5.82 Å². The lowest BCUT2D eigenvalue weighted by Crippen LogP contribution is -2.34. The number of methoxy groups -OCH3 is 1. The summed E-state index contributed by atoms with van der Waals surface area (Å²) in [5.74, 6) is -1.65. The highest BCUT2D eigenvalue weighted by Crippen LogP contribution is 2.34. The van der Waals surface area contributed by atoms with Crippen LogP contribution < -0.4 is 10.1 Å². The van der Waals surface area contributed by atoms with E-state index in [9.17, 15) is 8.78 Å². The Balaban J connectivity index is 1.56. The van der Waals surface area contributed by atoms with E-state index >= 15 is 0 Å². The molecule has 0 bridgehead atoms. The van der Waals surface area contributed by atoms with E-state index in [0.29, 0.717) is 35.9 Å². The molecule has 3 heterocycles. The third-order valence-electron chi connectivity index (χ3n) is 5.25. The van der Waals surface area contributed by atoms with Crippen LogP contribution in [0.5, 0.6) is 5.88 Å². The van der Waals surface area contributed by atoms with Crippen LogP contribution >= 0.6 is 0 Å². The second-order valence-corrected chi connectivity index (χ2v) is 7.70. The number of aromatic nitrogens is 5. The molecule has 3 aromatic heterocycles. The number of ether oxygens (including phenoxy) is 1. The number of anilines is 1. The van der Waals surface area contributed by atoms with E-state index in [1.54, 1.807) is 13.4 Å². The fourth-order valence-corrected chi connectivity index (χ4v) is 3.72. The third-order valence-corrected chi connectivity index (χ3v) is 5.25. The molecule has 1 atom stereocenters. The van der Waals surface area contributed by atoms with Crippen molar-refractivity contribution in [2.45, 2.75) is 51.5 Å². The van der Waals surface area contributed by atoms with Crippen molar-refractivity contribution in [3.63, 3.8) is 0 Å². The summed E-state index contributed by atoms with van der Waals surface area (Å²) < 4.78 is 34.6. The van der Waals surface area contributed by atoms with Crippen molar-refractivity contribution < 1.29 is 13.5 Å². The van der Waals surface area contributed by atoms with E-state index in [2.05, 4.69) is 25.5 Å². The Morgan fingerprint density at radius 2 is 2.03 bits per heavy atom.